The van der Waals surface area contributed by atoms with E-state index in [0.29, 0.717) is 25.9 Å². The molecule has 0 heterocycles. The Hall–Kier alpha value is -1.40. The smallest absolute Gasteiger partial charge is 0.305 e. The van der Waals surface area contributed by atoms with Crippen LogP contribution in [0.5, 0.6) is 0 Å². The molecule has 0 aromatic heterocycles. The highest BCUT2D eigenvalue weighted by molar-refractivity contribution is 5.76. The number of unbranched alkanes of at least 4 members (excludes halogenated alkanes) is 53. The minimum atomic E-state index is -0.676. The summed E-state index contributed by atoms with van der Waals surface area (Å²) >= 11 is 0. The van der Waals surface area contributed by atoms with E-state index in [9.17, 15) is 19.8 Å². The van der Waals surface area contributed by atoms with Crippen LogP contribution in [0, 0.1) is 0 Å². The van der Waals surface area contributed by atoms with Gasteiger partial charge >= 0.3 is 5.97 Å². The maximum atomic E-state index is 12.5. The van der Waals surface area contributed by atoms with Crippen LogP contribution in [-0.4, -0.2) is 47.4 Å². The summed E-state index contributed by atoms with van der Waals surface area (Å²) in [7, 11) is 0. The van der Waals surface area contributed by atoms with Crippen LogP contribution < -0.4 is 5.32 Å². The highest BCUT2D eigenvalue weighted by atomic mass is 16.5. The summed E-state index contributed by atoms with van der Waals surface area (Å²) in [5, 5.41) is 23.4. The number of allylic oxidation sites excluding steroid dienone is 2. The zero-order valence-corrected chi connectivity index (χ0v) is 51.8. The van der Waals surface area contributed by atoms with Gasteiger partial charge in [0.1, 0.15) is 0 Å². The molecular formula is C70H137NO5. The predicted octanol–water partition coefficient (Wildman–Crippen LogP) is 22.4. The first-order chi connectivity index (χ1) is 37.5. The van der Waals surface area contributed by atoms with E-state index in [1.807, 2.05) is 0 Å². The zero-order valence-electron chi connectivity index (χ0n) is 51.8. The lowest BCUT2D eigenvalue weighted by Gasteiger charge is -2.22. The van der Waals surface area contributed by atoms with Crippen molar-refractivity contribution in [1.82, 2.24) is 5.32 Å². The third-order valence-corrected chi connectivity index (χ3v) is 16.6. The Bertz CT molecular complexity index is 1140. The molecule has 0 aliphatic heterocycles. The van der Waals surface area contributed by atoms with Crippen LogP contribution in [0.1, 0.15) is 399 Å². The number of esters is 1. The second-order valence-corrected chi connectivity index (χ2v) is 24.2. The average Bonchev–Trinajstić information content (AvgIpc) is 3.42. The van der Waals surface area contributed by atoms with Gasteiger partial charge in [0.2, 0.25) is 5.91 Å². The molecule has 2 atom stereocenters. The molecule has 0 radical (unpaired) electrons. The molecule has 0 saturated heterocycles. The van der Waals surface area contributed by atoms with Crippen molar-refractivity contribution in [1.29, 1.82) is 0 Å². The topological polar surface area (TPSA) is 95.9 Å². The summed E-state index contributed by atoms with van der Waals surface area (Å²) in [6, 6.07) is -0.555. The molecule has 0 aliphatic rings. The van der Waals surface area contributed by atoms with Crippen molar-refractivity contribution >= 4 is 11.9 Å². The summed E-state index contributed by atoms with van der Waals surface area (Å²) < 4.78 is 5.50. The minimum absolute atomic E-state index is 0.00350. The monoisotopic (exact) mass is 1070 g/mol. The number of ether oxygens (including phenoxy) is 1. The van der Waals surface area contributed by atoms with Crippen LogP contribution >= 0.6 is 0 Å². The quantitative estimate of drug-likeness (QED) is 0.0320. The van der Waals surface area contributed by atoms with Crippen LogP contribution in [0.2, 0.25) is 0 Å². The van der Waals surface area contributed by atoms with E-state index in [1.54, 1.807) is 0 Å². The van der Waals surface area contributed by atoms with Gasteiger partial charge in [-0.3, -0.25) is 9.59 Å². The Labute approximate surface area is 476 Å². The molecule has 0 fully saturated rings. The second-order valence-electron chi connectivity index (χ2n) is 24.2. The van der Waals surface area contributed by atoms with Gasteiger partial charge in [0.05, 0.1) is 25.4 Å². The molecule has 0 bridgehead atoms. The first kappa shape index (κ1) is 74.6. The summed E-state index contributed by atoms with van der Waals surface area (Å²) in [5.74, 6) is -0.0433. The zero-order chi connectivity index (χ0) is 55.0. The van der Waals surface area contributed by atoms with E-state index >= 15 is 0 Å². The number of carbonyl (C=O) groups is 2. The summed E-state index contributed by atoms with van der Waals surface area (Å²) in [6.45, 7) is 4.98. The first-order valence-electron chi connectivity index (χ1n) is 34.9. The normalized spacial score (nSPS) is 12.5. The van der Waals surface area contributed by atoms with Crippen LogP contribution in [0.3, 0.4) is 0 Å². The van der Waals surface area contributed by atoms with E-state index in [1.165, 1.54) is 302 Å². The molecule has 0 aromatic carbocycles. The van der Waals surface area contributed by atoms with E-state index in [4.69, 9.17) is 4.74 Å². The van der Waals surface area contributed by atoms with Gasteiger partial charge in [-0.1, -0.05) is 347 Å². The van der Waals surface area contributed by atoms with Crippen LogP contribution in [0.25, 0.3) is 0 Å². The summed E-state index contributed by atoms with van der Waals surface area (Å²) in [5.41, 5.74) is 0. The van der Waals surface area contributed by atoms with Crippen molar-refractivity contribution in [3.05, 3.63) is 12.2 Å². The van der Waals surface area contributed by atoms with Crippen LogP contribution in [0.15, 0.2) is 12.2 Å². The Kier molecular flexibility index (Phi) is 64.9. The van der Waals surface area contributed by atoms with E-state index in [0.717, 1.165) is 64.2 Å². The van der Waals surface area contributed by atoms with Gasteiger partial charge in [-0.15, -0.1) is 0 Å². The standard InChI is InChI=1S/C70H137NO5/c1-3-5-7-9-11-13-15-17-19-21-23-24-25-26-27-29-30-34-38-42-46-50-54-58-62-68(73)67(66-72)71-69(74)63-59-55-51-47-43-39-35-32-33-37-41-45-49-53-57-61-65-76-70(75)64-60-56-52-48-44-40-36-31-28-22-20-18-16-14-12-10-8-6-4-2/h32,35,67-68,72-73H,3-31,33-34,36-66H2,1-2H3,(H,71,74)/b35-32-. The van der Waals surface area contributed by atoms with Crippen molar-refractivity contribution in [2.24, 2.45) is 0 Å². The number of rotatable bonds is 66. The van der Waals surface area contributed by atoms with Crippen LogP contribution in [-0.2, 0) is 14.3 Å². The number of carbonyl (C=O) groups excluding carboxylic acids is 2. The maximum Gasteiger partial charge on any atom is 0.305 e. The van der Waals surface area contributed by atoms with E-state index in [2.05, 4.69) is 31.3 Å². The Morgan fingerprint density at radius 3 is 0.934 bits per heavy atom. The largest absolute Gasteiger partial charge is 0.466 e. The molecule has 452 valence electrons. The fourth-order valence-electron chi connectivity index (χ4n) is 11.2. The molecule has 3 N–H and O–H groups in total. The number of nitrogens with one attached hydrogen (secondary N) is 1. The lowest BCUT2D eigenvalue weighted by Crippen LogP contribution is -2.45. The number of hydrogen-bond acceptors (Lipinski definition) is 5. The Morgan fingerprint density at radius 1 is 0.355 bits per heavy atom. The average molecular weight is 1070 g/mol. The van der Waals surface area contributed by atoms with Gasteiger partial charge in [-0.25, -0.2) is 0 Å². The maximum absolute atomic E-state index is 12.5. The molecule has 0 rings (SSSR count). The molecule has 6 heteroatoms. The minimum Gasteiger partial charge on any atom is -0.466 e. The number of amides is 1. The van der Waals surface area contributed by atoms with Crippen molar-refractivity contribution < 1.29 is 24.5 Å². The Morgan fingerprint density at radius 2 is 0.618 bits per heavy atom. The highest BCUT2D eigenvalue weighted by Crippen LogP contribution is 2.19. The van der Waals surface area contributed by atoms with Crippen molar-refractivity contribution in [2.75, 3.05) is 13.2 Å². The molecule has 0 aromatic rings. The fraction of sp³-hybridized carbons (Fsp3) is 0.943. The van der Waals surface area contributed by atoms with Gasteiger partial charge < -0.3 is 20.3 Å². The van der Waals surface area contributed by atoms with Crippen molar-refractivity contribution in [3.63, 3.8) is 0 Å². The van der Waals surface area contributed by atoms with Gasteiger partial charge in [0.25, 0.3) is 0 Å². The third-order valence-electron chi connectivity index (χ3n) is 16.6. The number of aliphatic hydroxyl groups excluding tert-OH is 2. The van der Waals surface area contributed by atoms with E-state index < -0.39 is 12.1 Å². The van der Waals surface area contributed by atoms with Gasteiger partial charge in [0.15, 0.2) is 0 Å². The van der Waals surface area contributed by atoms with Crippen LogP contribution in [0.4, 0.5) is 0 Å². The fourth-order valence-corrected chi connectivity index (χ4v) is 11.2. The molecule has 0 saturated carbocycles. The second kappa shape index (κ2) is 66.1. The first-order valence-corrected chi connectivity index (χ1v) is 34.9. The molecule has 6 nitrogen and oxygen atoms in total. The predicted molar refractivity (Wildman–Crippen MR) is 333 cm³/mol. The lowest BCUT2D eigenvalue weighted by molar-refractivity contribution is -0.143. The third kappa shape index (κ3) is 61.8. The van der Waals surface area contributed by atoms with Crippen molar-refractivity contribution in [3.8, 4) is 0 Å². The van der Waals surface area contributed by atoms with Gasteiger partial charge in [-0.2, -0.15) is 0 Å². The van der Waals surface area contributed by atoms with Crippen molar-refractivity contribution in [2.45, 2.75) is 411 Å². The SMILES string of the molecule is CCCCCCCCCCCCCCCCCCCCCCCCCCC(O)C(CO)NC(=O)CCCCCCC/C=C\CCCCCCCCCOC(=O)CCCCCCCCCCCCCCCCCCCCC. The Balaban J connectivity index is 3.42. The lowest BCUT2D eigenvalue weighted by atomic mass is 10.0. The molecule has 0 aliphatic carbocycles. The van der Waals surface area contributed by atoms with Gasteiger partial charge in [-0.05, 0) is 51.4 Å². The molecule has 76 heavy (non-hydrogen) atoms. The molecule has 1 amide bonds. The number of hydrogen-bond donors (Lipinski definition) is 3. The highest BCUT2D eigenvalue weighted by Gasteiger charge is 2.20. The molecular weight excluding hydrogens is 935 g/mol. The summed E-state index contributed by atoms with van der Waals surface area (Å²) in [6.07, 6.45) is 81.0. The molecule has 2 unspecified atom stereocenters. The number of aliphatic hydroxyl groups is 2. The summed E-state index contributed by atoms with van der Waals surface area (Å²) in [4.78, 5) is 24.7. The van der Waals surface area contributed by atoms with Gasteiger partial charge in [0, 0.05) is 12.8 Å². The molecule has 0 spiro atoms. The van der Waals surface area contributed by atoms with E-state index in [-0.39, 0.29) is 18.5 Å².